The van der Waals surface area contributed by atoms with E-state index >= 15 is 0 Å². The van der Waals surface area contributed by atoms with E-state index in [0.717, 1.165) is 61.0 Å². The molecule has 0 amide bonds. The fourth-order valence-electron chi connectivity index (χ4n) is 5.05. The van der Waals surface area contributed by atoms with E-state index in [2.05, 4.69) is 21.3 Å². The van der Waals surface area contributed by atoms with Crippen molar-refractivity contribution in [3.63, 3.8) is 0 Å². The molecule has 1 atom stereocenters. The third-order valence-corrected chi connectivity index (χ3v) is 7.09. The monoisotopic (exact) mass is 519 g/mol. The Hall–Kier alpha value is -3.66. The summed E-state index contributed by atoms with van der Waals surface area (Å²) in [5.74, 6) is 1.03. The van der Waals surface area contributed by atoms with Crippen LogP contribution in [0, 0.1) is 0 Å². The summed E-state index contributed by atoms with van der Waals surface area (Å²) in [6.45, 7) is 4.20. The molecule has 38 heavy (non-hydrogen) atoms. The summed E-state index contributed by atoms with van der Waals surface area (Å²) in [5.41, 5.74) is 3.20. The summed E-state index contributed by atoms with van der Waals surface area (Å²) in [6.07, 6.45) is 3.88. The molecule has 0 radical (unpaired) electrons. The normalized spacial score (nSPS) is 17.1. The van der Waals surface area contributed by atoms with Crippen molar-refractivity contribution >= 4 is 22.9 Å². The van der Waals surface area contributed by atoms with E-state index in [0.29, 0.717) is 42.8 Å². The number of carbonyl (C=O) groups is 1. The van der Waals surface area contributed by atoms with E-state index in [1.807, 2.05) is 30.3 Å². The van der Waals surface area contributed by atoms with Gasteiger partial charge in [-0.3, -0.25) is 0 Å². The molecule has 0 saturated carbocycles. The van der Waals surface area contributed by atoms with Crippen LogP contribution in [0.3, 0.4) is 0 Å². The highest BCUT2D eigenvalue weighted by Crippen LogP contribution is 2.31. The van der Waals surface area contributed by atoms with Crippen LogP contribution < -0.4 is 19.5 Å². The van der Waals surface area contributed by atoms with E-state index < -0.39 is 12.1 Å². The Morgan fingerprint density at radius 2 is 1.95 bits per heavy atom. The first kappa shape index (κ1) is 26.0. The molecular formula is C29H33N3O6. The van der Waals surface area contributed by atoms with Crippen LogP contribution in [-0.2, 0) is 11.3 Å². The van der Waals surface area contributed by atoms with E-state index in [1.165, 1.54) is 11.6 Å². The molecule has 2 aliphatic heterocycles. The summed E-state index contributed by atoms with van der Waals surface area (Å²) < 4.78 is 16.6. The first-order valence-electron chi connectivity index (χ1n) is 12.9. The standard InChI is InChI=1S/C29H33N3O6/c1-36-27-8-6-22-20(4-9-28(34)35)3-5-23(29(22)31-27)24(33)18-32-12-10-21(11-13-32)30-17-19-2-7-25-26(16-19)38-15-14-37-25/h2-9,16,21,24,30,33H,10-15,17-18H2,1H3,(H,34,35)/b9-4+. The number of rotatable bonds is 9. The van der Waals surface area contributed by atoms with Gasteiger partial charge in [-0.25, -0.2) is 9.78 Å². The zero-order chi connectivity index (χ0) is 26.5. The number of benzene rings is 2. The fraction of sp³-hybridized carbons (Fsp3) is 0.379. The Bertz CT molecular complexity index is 1320. The highest BCUT2D eigenvalue weighted by Gasteiger charge is 2.23. The number of likely N-dealkylation sites (tertiary alicyclic amines) is 1. The maximum atomic E-state index is 11.2. The number of hydrogen-bond donors (Lipinski definition) is 3. The second kappa shape index (κ2) is 11.8. The van der Waals surface area contributed by atoms with Crippen LogP contribution in [0.4, 0.5) is 0 Å². The van der Waals surface area contributed by atoms with Crippen LogP contribution in [-0.4, -0.2) is 72.1 Å². The zero-order valence-corrected chi connectivity index (χ0v) is 21.4. The SMILES string of the molecule is COc1ccc2c(/C=C/C(=O)O)ccc(C(O)CN3CCC(NCc4ccc5c(c4)OCCO5)CC3)c2n1. The van der Waals surface area contributed by atoms with Crippen LogP contribution in [0.5, 0.6) is 17.4 Å². The molecule has 1 unspecified atom stereocenters. The van der Waals surface area contributed by atoms with Gasteiger partial charge in [0.15, 0.2) is 11.5 Å². The number of pyridine rings is 1. The van der Waals surface area contributed by atoms with Crippen molar-refractivity contribution in [1.29, 1.82) is 0 Å². The first-order valence-corrected chi connectivity index (χ1v) is 12.9. The van der Waals surface area contributed by atoms with Gasteiger partial charge in [0.2, 0.25) is 5.88 Å². The summed E-state index contributed by atoms with van der Waals surface area (Å²) in [7, 11) is 1.55. The predicted octanol–water partition coefficient (Wildman–Crippen LogP) is 3.40. The van der Waals surface area contributed by atoms with Crippen LogP contribution in [0.2, 0.25) is 0 Å². The molecule has 0 bridgehead atoms. The second-order valence-electron chi connectivity index (χ2n) is 9.61. The molecule has 200 valence electrons. The molecule has 1 saturated heterocycles. The number of ether oxygens (including phenoxy) is 3. The maximum Gasteiger partial charge on any atom is 0.328 e. The molecule has 2 aromatic carbocycles. The number of nitrogens with one attached hydrogen (secondary N) is 1. The van der Waals surface area contributed by atoms with Crippen molar-refractivity contribution in [2.45, 2.75) is 31.5 Å². The molecule has 1 aromatic heterocycles. The first-order chi connectivity index (χ1) is 18.5. The van der Waals surface area contributed by atoms with Gasteiger partial charge in [-0.1, -0.05) is 18.2 Å². The van der Waals surface area contributed by atoms with Crippen molar-refractivity contribution in [3.05, 3.63) is 65.2 Å². The third-order valence-electron chi connectivity index (χ3n) is 7.09. The van der Waals surface area contributed by atoms with Crippen LogP contribution in [0.15, 0.2) is 48.5 Å². The molecule has 9 heteroatoms. The predicted molar refractivity (Wildman–Crippen MR) is 144 cm³/mol. The lowest BCUT2D eigenvalue weighted by Gasteiger charge is -2.34. The number of aliphatic hydroxyl groups excluding tert-OH is 1. The molecule has 3 heterocycles. The Balaban J connectivity index is 1.19. The lowest BCUT2D eigenvalue weighted by atomic mass is 9.98. The lowest BCUT2D eigenvalue weighted by molar-refractivity contribution is -0.131. The molecular weight excluding hydrogens is 486 g/mol. The molecule has 3 N–H and O–H groups in total. The molecule has 0 spiro atoms. The van der Waals surface area contributed by atoms with Gasteiger partial charge in [0.25, 0.3) is 0 Å². The average molecular weight is 520 g/mol. The smallest absolute Gasteiger partial charge is 0.328 e. The molecule has 0 aliphatic carbocycles. The minimum Gasteiger partial charge on any atom is -0.486 e. The van der Waals surface area contributed by atoms with Gasteiger partial charge in [0.1, 0.15) is 13.2 Å². The van der Waals surface area contributed by atoms with E-state index in [4.69, 9.17) is 19.3 Å². The second-order valence-corrected chi connectivity index (χ2v) is 9.61. The number of nitrogens with zero attached hydrogens (tertiary/aromatic N) is 2. The Kier molecular flexibility index (Phi) is 8.07. The van der Waals surface area contributed by atoms with Gasteiger partial charge in [-0.2, -0.15) is 0 Å². The van der Waals surface area contributed by atoms with Crippen molar-refractivity contribution in [1.82, 2.24) is 15.2 Å². The molecule has 1 fully saturated rings. The Morgan fingerprint density at radius 3 is 2.71 bits per heavy atom. The van der Waals surface area contributed by atoms with Crippen molar-refractivity contribution in [2.75, 3.05) is 40.0 Å². The number of aromatic nitrogens is 1. The van der Waals surface area contributed by atoms with Gasteiger partial charge in [0.05, 0.1) is 18.7 Å². The fourth-order valence-corrected chi connectivity index (χ4v) is 5.05. The number of aliphatic carboxylic acids is 1. The number of carboxylic acid groups (broad SMARTS) is 1. The van der Waals surface area contributed by atoms with Crippen LogP contribution >= 0.6 is 0 Å². The molecule has 5 rings (SSSR count). The average Bonchev–Trinajstić information content (AvgIpc) is 2.94. The van der Waals surface area contributed by atoms with Gasteiger partial charge in [-0.15, -0.1) is 0 Å². The summed E-state index contributed by atoms with van der Waals surface area (Å²) >= 11 is 0. The van der Waals surface area contributed by atoms with Crippen molar-refractivity contribution < 1.29 is 29.2 Å². The Labute approximate surface area is 221 Å². The quantitative estimate of drug-likeness (QED) is 0.366. The summed E-state index contributed by atoms with van der Waals surface area (Å²) in [4.78, 5) is 17.9. The van der Waals surface area contributed by atoms with Crippen LogP contribution in [0.1, 0.15) is 35.6 Å². The molecule has 9 nitrogen and oxygen atoms in total. The number of carboxylic acids is 1. The minimum atomic E-state index is -1.02. The molecule has 3 aromatic rings. The Morgan fingerprint density at radius 1 is 1.16 bits per heavy atom. The van der Waals surface area contributed by atoms with Gasteiger partial charge >= 0.3 is 5.97 Å². The van der Waals surface area contributed by atoms with E-state index in [9.17, 15) is 9.90 Å². The largest absolute Gasteiger partial charge is 0.486 e. The van der Waals surface area contributed by atoms with E-state index in [1.54, 1.807) is 13.2 Å². The van der Waals surface area contributed by atoms with Gasteiger partial charge in [-0.05, 0) is 61.3 Å². The number of β-amino-alcohol motifs (C(OH)–C–C–N with tert-alkyl or cyclic N) is 1. The van der Waals surface area contributed by atoms with E-state index in [-0.39, 0.29) is 0 Å². The molecule has 2 aliphatic rings. The summed E-state index contributed by atoms with van der Waals surface area (Å²) in [6, 6.07) is 13.7. The van der Waals surface area contributed by atoms with Gasteiger partial charge in [0, 0.05) is 42.2 Å². The number of methoxy groups -OCH3 is 1. The highest BCUT2D eigenvalue weighted by molar-refractivity contribution is 5.94. The number of fused-ring (bicyclic) bond motifs is 2. The zero-order valence-electron chi connectivity index (χ0n) is 21.4. The van der Waals surface area contributed by atoms with Crippen molar-refractivity contribution in [2.24, 2.45) is 0 Å². The minimum absolute atomic E-state index is 0.406. The third kappa shape index (κ3) is 6.07. The maximum absolute atomic E-state index is 11.2. The highest BCUT2D eigenvalue weighted by atomic mass is 16.6. The summed E-state index contributed by atoms with van der Waals surface area (Å²) in [5, 5.41) is 24.6. The van der Waals surface area contributed by atoms with Gasteiger partial charge < -0.3 is 34.6 Å². The van der Waals surface area contributed by atoms with Crippen LogP contribution in [0.25, 0.3) is 17.0 Å². The number of aliphatic hydroxyl groups is 1. The number of piperidine rings is 1. The van der Waals surface area contributed by atoms with Crippen molar-refractivity contribution in [3.8, 4) is 17.4 Å². The number of hydrogen-bond acceptors (Lipinski definition) is 8. The lowest BCUT2D eigenvalue weighted by Crippen LogP contribution is -2.43. The topological polar surface area (TPSA) is 113 Å².